The molecule has 1 aliphatic rings. The molecule has 15 heavy (non-hydrogen) atoms. The monoisotopic (exact) mass is 227 g/mol. The van der Waals surface area contributed by atoms with E-state index in [9.17, 15) is 4.79 Å². The molecule has 1 aromatic heterocycles. The van der Waals surface area contributed by atoms with Gasteiger partial charge < -0.3 is 10.0 Å². The van der Waals surface area contributed by atoms with Crippen LogP contribution in [0.1, 0.15) is 5.01 Å². The Morgan fingerprint density at radius 2 is 2.20 bits per heavy atom. The summed E-state index contributed by atoms with van der Waals surface area (Å²) in [5.74, 6) is 0. The number of nitrogens with zero attached hydrogens (tertiary/aromatic N) is 3. The predicted octanol–water partition coefficient (Wildman–Crippen LogP) is 0.939. The van der Waals surface area contributed by atoms with Gasteiger partial charge in [-0.25, -0.2) is 9.78 Å². The second kappa shape index (κ2) is 4.59. The summed E-state index contributed by atoms with van der Waals surface area (Å²) in [6, 6.07) is 0. The highest BCUT2D eigenvalue weighted by Gasteiger charge is 2.20. The Morgan fingerprint density at radius 3 is 2.73 bits per heavy atom. The lowest BCUT2D eigenvalue weighted by atomic mass is 10.3. The number of aromatic nitrogens is 1. The lowest BCUT2D eigenvalue weighted by molar-refractivity contribution is 0.103. The summed E-state index contributed by atoms with van der Waals surface area (Å²) >= 11 is 1.64. The molecule has 0 aromatic carbocycles. The number of amides is 1. The van der Waals surface area contributed by atoms with Crippen LogP contribution in [0.5, 0.6) is 0 Å². The fourth-order valence-corrected chi connectivity index (χ4v) is 2.28. The van der Waals surface area contributed by atoms with Crippen molar-refractivity contribution in [3.8, 4) is 0 Å². The van der Waals surface area contributed by atoms with E-state index >= 15 is 0 Å². The zero-order valence-corrected chi connectivity index (χ0v) is 9.11. The molecule has 1 saturated heterocycles. The fraction of sp³-hybridized carbons (Fsp3) is 0.556. The minimum absolute atomic E-state index is 0.598. The first-order valence-corrected chi connectivity index (χ1v) is 5.72. The van der Waals surface area contributed by atoms with Crippen LogP contribution in [0.4, 0.5) is 4.79 Å². The van der Waals surface area contributed by atoms with Gasteiger partial charge in [-0.3, -0.25) is 4.90 Å². The number of piperazine rings is 1. The summed E-state index contributed by atoms with van der Waals surface area (Å²) in [7, 11) is 0. The summed E-state index contributed by atoms with van der Waals surface area (Å²) < 4.78 is 0. The first-order chi connectivity index (χ1) is 7.25. The van der Waals surface area contributed by atoms with Gasteiger partial charge in [0.1, 0.15) is 5.01 Å². The minimum atomic E-state index is -0.816. The third-order valence-electron chi connectivity index (χ3n) is 2.49. The van der Waals surface area contributed by atoms with Crippen molar-refractivity contribution in [3.63, 3.8) is 0 Å². The summed E-state index contributed by atoms with van der Waals surface area (Å²) in [5.41, 5.74) is 0. The molecule has 6 heteroatoms. The third-order valence-corrected chi connectivity index (χ3v) is 3.25. The van der Waals surface area contributed by atoms with Crippen molar-refractivity contribution in [2.45, 2.75) is 6.54 Å². The highest BCUT2D eigenvalue weighted by Crippen LogP contribution is 2.10. The average molecular weight is 227 g/mol. The van der Waals surface area contributed by atoms with Gasteiger partial charge in [0.25, 0.3) is 0 Å². The Hall–Kier alpha value is -1.14. The van der Waals surface area contributed by atoms with E-state index in [2.05, 4.69) is 9.88 Å². The summed E-state index contributed by atoms with van der Waals surface area (Å²) in [4.78, 5) is 18.6. The number of thiazole rings is 1. The first kappa shape index (κ1) is 10.4. The van der Waals surface area contributed by atoms with Gasteiger partial charge in [-0.2, -0.15) is 0 Å². The number of hydrogen-bond donors (Lipinski definition) is 1. The molecule has 2 rings (SSSR count). The van der Waals surface area contributed by atoms with Crippen LogP contribution in [0.15, 0.2) is 11.6 Å². The van der Waals surface area contributed by atoms with Gasteiger partial charge in [-0.05, 0) is 0 Å². The van der Waals surface area contributed by atoms with Crippen LogP contribution in [0.3, 0.4) is 0 Å². The Kier molecular flexibility index (Phi) is 3.17. The Balaban J connectivity index is 1.81. The number of carbonyl (C=O) groups is 1. The molecule has 1 N–H and O–H groups in total. The van der Waals surface area contributed by atoms with Crippen molar-refractivity contribution in [1.82, 2.24) is 14.8 Å². The van der Waals surface area contributed by atoms with Gasteiger partial charge in [0.05, 0.1) is 6.54 Å². The van der Waals surface area contributed by atoms with Gasteiger partial charge in [0.2, 0.25) is 0 Å². The highest BCUT2D eigenvalue weighted by molar-refractivity contribution is 7.09. The second-order valence-corrected chi connectivity index (χ2v) is 4.45. The SMILES string of the molecule is O=C(O)N1CCN(Cc2nccs2)CC1. The lowest BCUT2D eigenvalue weighted by Crippen LogP contribution is -2.47. The average Bonchev–Trinajstić information content (AvgIpc) is 2.71. The lowest BCUT2D eigenvalue weighted by Gasteiger charge is -2.32. The van der Waals surface area contributed by atoms with Crippen molar-refractivity contribution >= 4 is 17.4 Å². The Bertz CT molecular complexity index is 320. The molecule has 0 unspecified atom stereocenters. The largest absolute Gasteiger partial charge is 0.465 e. The van der Waals surface area contributed by atoms with Crippen LogP contribution in [0.2, 0.25) is 0 Å². The number of hydrogen-bond acceptors (Lipinski definition) is 4. The third kappa shape index (κ3) is 2.66. The number of rotatable bonds is 2. The van der Waals surface area contributed by atoms with E-state index in [1.54, 1.807) is 17.5 Å². The number of carboxylic acid groups (broad SMARTS) is 1. The van der Waals surface area contributed by atoms with Crippen LogP contribution in [-0.2, 0) is 6.54 Å². The molecular weight excluding hydrogens is 214 g/mol. The van der Waals surface area contributed by atoms with Gasteiger partial charge in [0, 0.05) is 37.8 Å². The molecule has 1 aromatic rings. The van der Waals surface area contributed by atoms with Crippen molar-refractivity contribution in [3.05, 3.63) is 16.6 Å². The zero-order valence-electron chi connectivity index (χ0n) is 8.30. The zero-order chi connectivity index (χ0) is 10.7. The summed E-state index contributed by atoms with van der Waals surface area (Å²) in [5, 5.41) is 11.8. The van der Waals surface area contributed by atoms with Crippen LogP contribution in [0.25, 0.3) is 0 Å². The van der Waals surface area contributed by atoms with E-state index < -0.39 is 6.09 Å². The maximum atomic E-state index is 10.7. The Labute approximate surface area is 92.0 Å². The minimum Gasteiger partial charge on any atom is -0.465 e. The van der Waals surface area contributed by atoms with Crippen LogP contribution in [0, 0.1) is 0 Å². The molecule has 1 fully saturated rings. The van der Waals surface area contributed by atoms with Crippen molar-refractivity contribution in [1.29, 1.82) is 0 Å². The molecule has 2 heterocycles. The van der Waals surface area contributed by atoms with E-state index in [0.717, 1.165) is 24.6 Å². The normalized spacial score (nSPS) is 18.0. The summed E-state index contributed by atoms with van der Waals surface area (Å²) in [6.45, 7) is 3.63. The quantitative estimate of drug-likeness (QED) is 0.817. The molecule has 0 bridgehead atoms. The van der Waals surface area contributed by atoms with E-state index in [4.69, 9.17) is 5.11 Å². The van der Waals surface area contributed by atoms with Crippen LogP contribution >= 0.6 is 11.3 Å². The van der Waals surface area contributed by atoms with Gasteiger partial charge in [-0.15, -0.1) is 11.3 Å². The first-order valence-electron chi connectivity index (χ1n) is 4.84. The molecule has 0 radical (unpaired) electrons. The molecule has 5 nitrogen and oxygen atoms in total. The van der Waals surface area contributed by atoms with Crippen molar-refractivity contribution < 1.29 is 9.90 Å². The van der Waals surface area contributed by atoms with E-state index in [-0.39, 0.29) is 0 Å². The van der Waals surface area contributed by atoms with Crippen molar-refractivity contribution in [2.75, 3.05) is 26.2 Å². The smallest absolute Gasteiger partial charge is 0.407 e. The van der Waals surface area contributed by atoms with Crippen molar-refractivity contribution in [2.24, 2.45) is 0 Å². The van der Waals surface area contributed by atoms with Gasteiger partial charge >= 0.3 is 6.09 Å². The molecule has 0 aliphatic carbocycles. The van der Waals surface area contributed by atoms with Gasteiger partial charge in [0.15, 0.2) is 0 Å². The standard InChI is InChI=1S/C9H13N3O2S/c13-9(14)12-4-2-11(3-5-12)7-8-10-1-6-15-8/h1,6H,2-5,7H2,(H,13,14). The van der Waals surface area contributed by atoms with E-state index in [1.165, 1.54) is 4.90 Å². The highest BCUT2D eigenvalue weighted by atomic mass is 32.1. The molecule has 0 saturated carbocycles. The second-order valence-electron chi connectivity index (χ2n) is 3.47. The molecule has 1 amide bonds. The molecule has 82 valence electrons. The Morgan fingerprint density at radius 1 is 1.47 bits per heavy atom. The maximum Gasteiger partial charge on any atom is 0.407 e. The fourth-order valence-electron chi connectivity index (χ4n) is 1.62. The maximum absolute atomic E-state index is 10.7. The molecular formula is C9H13N3O2S. The van der Waals surface area contributed by atoms with E-state index in [1.807, 2.05) is 5.38 Å². The van der Waals surface area contributed by atoms with E-state index in [0.29, 0.717) is 13.1 Å². The molecule has 0 spiro atoms. The van der Waals surface area contributed by atoms with Gasteiger partial charge in [-0.1, -0.05) is 0 Å². The molecule has 1 aliphatic heterocycles. The van der Waals surface area contributed by atoms with Crippen LogP contribution in [-0.4, -0.2) is 52.2 Å². The van der Waals surface area contributed by atoms with Crippen LogP contribution < -0.4 is 0 Å². The molecule has 0 atom stereocenters. The summed E-state index contributed by atoms with van der Waals surface area (Å²) in [6.07, 6.45) is 0.983. The topological polar surface area (TPSA) is 56.7 Å². The predicted molar refractivity (Wildman–Crippen MR) is 57.0 cm³/mol.